The molecule has 5 heteroatoms. The van der Waals surface area contributed by atoms with Crippen molar-refractivity contribution in [2.75, 3.05) is 10.6 Å². The Labute approximate surface area is 213 Å². The van der Waals surface area contributed by atoms with E-state index >= 15 is 0 Å². The molecule has 0 aliphatic heterocycles. The number of rotatable bonds is 5. The molecule has 36 heavy (non-hydrogen) atoms. The molecule has 3 saturated carbocycles. The fraction of sp³-hybridized carbons (Fsp3) is 0.452. The molecule has 6 rings (SSSR count). The summed E-state index contributed by atoms with van der Waals surface area (Å²) in [6, 6.07) is 14.7. The van der Waals surface area contributed by atoms with E-state index < -0.39 is 0 Å². The van der Waals surface area contributed by atoms with Crippen LogP contribution in [-0.2, 0) is 10.2 Å². The molecular formula is C31H34N4O. The highest BCUT2D eigenvalue weighted by atomic mass is 16.1. The summed E-state index contributed by atoms with van der Waals surface area (Å²) in [5.41, 5.74) is 4.45. The van der Waals surface area contributed by atoms with E-state index in [1.807, 2.05) is 18.2 Å². The van der Waals surface area contributed by atoms with Crippen LogP contribution in [0.5, 0.6) is 0 Å². The summed E-state index contributed by atoms with van der Waals surface area (Å²) in [6.45, 7) is 0. The van der Waals surface area contributed by atoms with Gasteiger partial charge in [-0.2, -0.15) is 0 Å². The van der Waals surface area contributed by atoms with E-state index in [9.17, 15) is 4.79 Å². The number of nitrogens with zero attached hydrogens (tertiary/aromatic N) is 2. The topological polar surface area (TPSA) is 66.9 Å². The van der Waals surface area contributed by atoms with E-state index in [-0.39, 0.29) is 5.91 Å². The van der Waals surface area contributed by atoms with Gasteiger partial charge < -0.3 is 10.6 Å². The highest BCUT2D eigenvalue weighted by molar-refractivity contribution is 6.05. The van der Waals surface area contributed by atoms with Crippen molar-refractivity contribution in [1.29, 1.82) is 0 Å². The first-order valence-corrected chi connectivity index (χ1v) is 13.6. The summed E-state index contributed by atoms with van der Waals surface area (Å²) in [5, 5.41) is 7.23. The molecule has 3 fully saturated rings. The van der Waals surface area contributed by atoms with Gasteiger partial charge in [-0.05, 0) is 91.7 Å². The molecule has 2 N–H and O–H groups in total. The lowest BCUT2D eigenvalue weighted by Crippen LogP contribution is -2.21. The van der Waals surface area contributed by atoms with Gasteiger partial charge in [0.2, 0.25) is 0 Å². The van der Waals surface area contributed by atoms with Gasteiger partial charge in [0, 0.05) is 22.7 Å². The molecule has 3 aromatic rings. The monoisotopic (exact) mass is 478 g/mol. The van der Waals surface area contributed by atoms with E-state index in [0.717, 1.165) is 41.2 Å². The molecule has 0 spiro atoms. The normalized spacial score (nSPS) is 19.4. The van der Waals surface area contributed by atoms with Gasteiger partial charge in [-0.15, -0.1) is 0 Å². The summed E-state index contributed by atoms with van der Waals surface area (Å²) in [5.74, 6) is 7.40. The maximum Gasteiger partial charge on any atom is 0.300 e. The van der Waals surface area contributed by atoms with Gasteiger partial charge in [-0.1, -0.05) is 50.2 Å². The number of amides is 1. The quantitative estimate of drug-likeness (QED) is 0.383. The first-order chi connectivity index (χ1) is 17.7. The van der Waals surface area contributed by atoms with E-state index in [0.29, 0.717) is 17.0 Å². The van der Waals surface area contributed by atoms with Crippen LogP contribution in [0.1, 0.15) is 76.2 Å². The van der Waals surface area contributed by atoms with Crippen molar-refractivity contribution in [3.05, 3.63) is 54.4 Å². The fourth-order valence-electron chi connectivity index (χ4n) is 5.89. The highest BCUT2D eigenvalue weighted by Crippen LogP contribution is 2.57. The van der Waals surface area contributed by atoms with Gasteiger partial charge in [0.1, 0.15) is 12.1 Å². The Kier molecular flexibility index (Phi) is 6.35. The molecule has 2 aromatic carbocycles. The second-order valence-corrected chi connectivity index (χ2v) is 10.9. The van der Waals surface area contributed by atoms with Crippen molar-refractivity contribution in [2.24, 2.45) is 11.8 Å². The number of carbonyl (C=O) groups is 1. The van der Waals surface area contributed by atoms with E-state index in [2.05, 4.69) is 56.7 Å². The highest BCUT2D eigenvalue weighted by Gasteiger charge is 2.49. The van der Waals surface area contributed by atoms with Gasteiger partial charge in [0.05, 0.1) is 5.52 Å². The molecule has 1 amide bonds. The number of fused-ring (bicyclic) bond motifs is 1. The summed E-state index contributed by atoms with van der Waals surface area (Å²) >= 11 is 0. The Hall–Kier alpha value is -3.39. The minimum Gasteiger partial charge on any atom is -0.340 e. The minimum absolute atomic E-state index is 0.276. The van der Waals surface area contributed by atoms with Crippen molar-refractivity contribution < 1.29 is 4.79 Å². The van der Waals surface area contributed by atoms with Gasteiger partial charge >= 0.3 is 0 Å². The van der Waals surface area contributed by atoms with Gasteiger partial charge in [0.15, 0.2) is 0 Å². The third-order valence-electron chi connectivity index (χ3n) is 8.26. The molecule has 0 bridgehead atoms. The third kappa shape index (κ3) is 5.09. The summed E-state index contributed by atoms with van der Waals surface area (Å²) in [6.07, 6.45) is 16.2. The van der Waals surface area contributed by atoms with Crippen LogP contribution in [-0.4, -0.2) is 15.9 Å². The fourth-order valence-corrected chi connectivity index (χ4v) is 5.89. The maximum absolute atomic E-state index is 12.2. The maximum atomic E-state index is 12.2. The zero-order valence-electron chi connectivity index (χ0n) is 20.9. The molecule has 3 aliphatic carbocycles. The predicted octanol–water partition coefficient (Wildman–Crippen LogP) is 7.12. The molecule has 184 valence electrons. The summed E-state index contributed by atoms with van der Waals surface area (Å²) < 4.78 is 0. The van der Waals surface area contributed by atoms with Gasteiger partial charge in [-0.3, -0.25) is 4.79 Å². The van der Waals surface area contributed by atoms with Crippen molar-refractivity contribution >= 4 is 34.0 Å². The number of anilines is 3. The molecule has 0 atom stereocenters. The van der Waals surface area contributed by atoms with E-state index in [4.69, 9.17) is 0 Å². The predicted molar refractivity (Wildman–Crippen MR) is 145 cm³/mol. The van der Waals surface area contributed by atoms with Crippen LogP contribution in [0.25, 0.3) is 10.9 Å². The lowest BCUT2D eigenvalue weighted by Gasteiger charge is -2.29. The zero-order valence-corrected chi connectivity index (χ0v) is 20.9. The van der Waals surface area contributed by atoms with Crippen molar-refractivity contribution in [3.63, 3.8) is 0 Å². The first-order valence-electron chi connectivity index (χ1n) is 13.6. The molecule has 1 heterocycles. The lowest BCUT2D eigenvalue weighted by molar-refractivity contribution is -0.111. The number of carbonyl (C=O) groups excluding carboxylic acids is 1. The number of benzene rings is 2. The number of nitrogens with one attached hydrogen (secondary N) is 2. The largest absolute Gasteiger partial charge is 0.340 e. The van der Waals surface area contributed by atoms with Crippen LogP contribution in [0.15, 0.2) is 48.8 Å². The number of hydrogen-bond acceptors (Lipinski definition) is 4. The smallest absolute Gasteiger partial charge is 0.300 e. The molecular weight excluding hydrogens is 444 g/mol. The molecule has 0 saturated heterocycles. The minimum atomic E-state index is -0.276. The molecule has 0 unspecified atom stereocenters. The summed E-state index contributed by atoms with van der Waals surface area (Å²) in [7, 11) is 0. The molecule has 3 aliphatic rings. The Bertz CT molecular complexity index is 1300. The van der Waals surface area contributed by atoms with Gasteiger partial charge in [-0.25, -0.2) is 9.97 Å². The average Bonchev–Trinajstić information content (AvgIpc) is 3.79. The molecule has 5 nitrogen and oxygen atoms in total. The standard InChI is InChI=1S/C31H34N4O/c36-29(17-10-22-8-9-22)34-26-15-16-28-27(20-26)30(33-21-32-28)35-25-13-11-24(12-14-25)31(18-19-31)23-6-4-2-1-3-5-7-23/h11-16,20-23H,1-9,18-19H2,(H,34,36)(H,32,33,35). The first kappa shape index (κ1) is 23.0. The van der Waals surface area contributed by atoms with Crippen LogP contribution >= 0.6 is 0 Å². The van der Waals surface area contributed by atoms with Crippen LogP contribution in [0.4, 0.5) is 17.2 Å². The molecule has 1 aromatic heterocycles. The van der Waals surface area contributed by atoms with Crippen LogP contribution in [0.3, 0.4) is 0 Å². The van der Waals surface area contributed by atoms with Crippen LogP contribution < -0.4 is 10.6 Å². The van der Waals surface area contributed by atoms with E-state index in [1.54, 1.807) is 6.33 Å². The average molecular weight is 479 g/mol. The zero-order chi connectivity index (χ0) is 24.4. The SMILES string of the molecule is O=C(C#CC1CC1)Nc1ccc2ncnc(Nc3ccc(C4(C5CCCCCCC5)CC4)cc3)c2c1. The Morgan fingerprint density at radius 2 is 1.58 bits per heavy atom. The second-order valence-electron chi connectivity index (χ2n) is 10.9. The van der Waals surface area contributed by atoms with Crippen molar-refractivity contribution in [3.8, 4) is 11.8 Å². The summed E-state index contributed by atoms with van der Waals surface area (Å²) in [4.78, 5) is 21.1. The van der Waals surface area contributed by atoms with Crippen LogP contribution in [0.2, 0.25) is 0 Å². The van der Waals surface area contributed by atoms with Crippen molar-refractivity contribution in [2.45, 2.75) is 76.0 Å². The number of aromatic nitrogens is 2. The molecule has 0 radical (unpaired) electrons. The lowest BCUT2D eigenvalue weighted by atomic mass is 9.75. The Morgan fingerprint density at radius 3 is 2.31 bits per heavy atom. The van der Waals surface area contributed by atoms with Crippen molar-refractivity contribution in [1.82, 2.24) is 9.97 Å². The Morgan fingerprint density at radius 1 is 0.861 bits per heavy atom. The van der Waals surface area contributed by atoms with E-state index in [1.165, 1.54) is 63.4 Å². The van der Waals surface area contributed by atoms with Crippen LogP contribution in [0, 0.1) is 23.7 Å². The van der Waals surface area contributed by atoms with Gasteiger partial charge in [0.25, 0.3) is 5.91 Å². The third-order valence-corrected chi connectivity index (χ3v) is 8.26. The second kappa shape index (κ2) is 9.93. The number of hydrogen-bond donors (Lipinski definition) is 2. The Balaban J connectivity index is 1.18.